The highest BCUT2D eigenvalue weighted by Gasteiger charge is 2.25. The number of amides is 1. The first-order valence-corrected chi connectivity index (χ1v) is 9.68. The number of carbonyl (C=O) groups is 1. The van der Waals surface area contributed by atoms with Crippen molar-refractivity contribution < 1.29 is 19.2 Å². The van der Waals surface area contributed by atoms with Crippen LogP contribution >= 0.6 is 0 Å². The molecule has 0 radical (unpaired) electrons. The summed E-state index contributed by atoms with van der Waals surface area (Å²) in [5.41, 5.74) is -0.514. The van der Waals surface area contributed by atoms with E-state index in [1.165, 1.54) is 6.07 Å². The second kappa shape index (κ2) is 9.73. The van der Waals surface area contributed by atoms with E-state index in [1.54, 1.807) is 30.1 Å². The predicted octanol–water partition coefficient (Wildman–Crippen LogP) is 3.55. The molecule has 0 aliphatic carbocycles. The zero-order valence-corrected chi connectivity index (χ0v) is 17.2. The molecular weight excluding hydrogens is 362 g/mol. The van der Waals surface area contributed by atoms with Crippen LogP contribution in [0, 0.1) is 16.0 Å². The van der Waals surface area contributed by atoms with Gasteiger partial charge in [-0.25, -0.2) is 4.79 Å². The van der Waals surface area contributed by atoms with Gasteiger partial charge in [-0.2, -0.15) is 0 Å². The summed E-state index contributed by atoms with van der Waals surface area (Å²) in [5.74, 6) is 0.669. The molecule has 1 fully saturated rings. The Morgan fingerprint density at radius 2 is 2.07 bits per heavy atom. The van der Waals surface area contributed by atoms with Crippen LogP contribution in [0.1, 0.15) is 33.6 Å². The fraction of sp³-hybridized carbons (Fsp3) is 0.650. The van der Waals surface area contributed by atoms with E-state index in [9.17, 15) is 14.9 Å². The highest BCUT2D eigenvalue weighted by atomic mass is 16.6. The first-order valence-electron chi connectivity index (χ1n) is 9.68. The maximum Gasteiger partial charge on any atom is 0.410 e. The van der Waals surface area contributed by atoms with E-state index in [0.29, 0.717) is 31.4 Å². The van der Waals surface area contributed by atoms with Gasteiger partial charge in [-0.3, -0.25) is 15.0 Å². The fourth-order valence-electron chi connectivity index (χ4n) is 3.32. The molecule has 0 saturated carbocycles. The van der Waals surface area contributed by atoms with Crippen molar-refractivity contribution in [2.45, 2.75) is 39.2 Å². The maximum atomic E-state index is 12.1. The van der Waals surface area contributed by atoms with Gasteiger partial charge in [0.05, 0.1) is 4.92 Å². The molecule has 1 aromatic carbocycles. The number of hydrogen-bond donors (Lipinski definition) is 0. The van der Waals surface area contributed by atoms with Gasteiger partial charge in [0.1, 0.15) is 12.2 Å². The second-order valence-corrected chi connectivity index (χ2v) is 8.24. The number of nitrogens with zero attached hydrogens (tertiary/aromatic N) is 3. The summed E-state index contributed by atoms with van der Waals surface area (Å²) >= 11 is 0. The maximum absolute atomic E-state index is 12.1. The average Bonchev–Trinajstić information content (AvgIpc) is 2.61. The van der Waals surface area contributed by atoms with E-state index >= 15 is 0 Å². The van der Waals surface area contributed by atoms with Gasteiger partial charge < -0.3 is 14.4 Å². The summed E-state index contributed by atoms with van der Waals surface area (Å²) < 4.78 is 11.1. The highest BCUT2D eigenvalue weighted by molar-refractivity contribution is 5.67. The number of carbonyl (C=O) groups excluding carboxylic acids is 1. The number of para-hydroxylation sites is 2. The summed E-state index contributed by atoms with van der Waals surface area (Å²) in [6.45, 7) is 9.14. The van der Waals surface area contributed by atoms with Gasteiger partial charge in [-0.05, 0) is 52.1 Å². The molecule has 8 heteroatoms. The smallest absolute Gasteiger partial charge is 0.410 e. The van der Waals surface area contributed by atoms with Crippen LogP contribution < -0.4 is 4.74 Å². The van der Waals surface area contributed by atoms with Crippen molar-refractivity contribution in [1.82, 2.24) is 9.80 Å². The van der Waals surface area contributed by atoms with Crippen LogP contribution in [0.15, 0.2) is 24.3 Å². The monoisotopic (exact) mass is 393 g/mol. The zero-order chi connectivity index (χ0) is 20.7. The van der Waals surface area contributed by atoms with Gasteiger partial charge in [0.15, 0.2) is 5.75 Å². The van der Waals surface area contributed by atoms with E-state index in [1.807, 2.05) is 20.8 Å². The quantitative estimate of drug-likeness (QED) is 0.520. The van der Waals surface area contributed by atoms with Crippen molar-refractivity contribution in [1.29, 1.82) is 0 Å². The molecule has 0 spiro atoms. The van der Waals surface area contributed by atoms with E-state index in [4.69, 9.17) is 9.47 Å². The van der Waals surface area contributed by atoms with Crippen molar-refractivity contribution in [2.24, 2.45) is 5.92 Å². The first kappa shape index (κ1) is 21.9. The molecule has 1 aromatic rings. The van der Waals surface area contributed by atoms with Crippen LogP contribution in [-0.4, -0.2) is 66.3 Å². The summed E-state index contributed by atoms with van der Waals surface area (Å²) in [6, 6.07) is 6.42. The number of likely N-dealkylation sites (tertiary alicyclic amines) is 1. The number of benzene rings is 1. The molecule has 1 unspecified atom stereocenters. The number of hydrogen-bond acceptors (Lipinski definition) is 6. The Morgan fingerprint density at radius 1 is 1.36 bits per heavy atom. The van der Waals surface area contributed by atoms with Crippen LogP contribution in [0.4, 0.5) is 10.5 Å². The van der Waals surface area contributed by atoms with Gasteiger partial charge in [-0.15, -0.1) is 0 Å². The third kappa shape index (κ3) is 6.99. The molecule has 1 amide bonds. The van der Waals surface area contributed by atoms with E-state index in [-0.39, 0.29) is 11.8 Å². The molecular formula is C20H31N3O5. The Labute approximate surface area is 166 Å². The lowest BCUT2D eigenvalue weighted by Crippen LogP contribution is -2.44. The topological polar surface area (TPSA) is 85.1 Å². The molecule has 1 aliphatic heterocycles. The highest BCUT2D eigenvalue weighted by Crippen LogP contribution is 2.26. The van der Waals surface area contributed by atoms with Gasteiger partial charge in [-0.1, -0.05) is 12.1 Å². The van der Waals surface area contributed by atoms with E-state index < -0.39 is 10.5 Å². The molecule has 156 valence electrons. The number of piperidine rings is 1. The third-order valence-electron chi connectivity index (χ3n) is 4.57. The molecule has 2 rings (SSSR count). The molecule has 1 aliphatic rings. The van der Waals surface area contributed by atoms with Gasteiger partial charge >= 0.3 is 11.8 Å². The molecule has 0 bridgehead atoms. The Bertz CT molecular complexity index is 674. The summed E-state index contributed by atoms with van der Waals surface area (Å²) in [4.78, 5) is 26.7. The van der Waals surface area contributed by atoms with Gasteiger partial charge in [0, 0.05) is 32.7 Å². The minimum absolute atomic E-state index is 0.0157. The number of nitro groups is 1. The Kier molecular flexibility index (Phi) is 7.62. The van der Waals surface area contributed by atoms with E-state index in [2.05, 4.69) is 4.90 Å². The summed E-state index contributed by atoms with van der Waals surface area (Å²) in [5, 5.41) is 11.0. The Hall–Kier alpha value is -2.35. The van der Waals surface area contributed by atoms with Crippen molar-refractivity contribution in [3.63, 3.8) is 0 Å². The fourth-order valence-corrected chi connectivity index (χ4v) is 3.32. The van der Waals surface area contributed by atoms with Crippen LogP contribution in [0.3, 0.4) is 0 Å². The first-order chi connectivity index (χ1) is 13.2. The Morgan fingerprint density at radius 3 is 2.75 bits per heavy atom. The molecule has 1 atom stereocenters. The van der Waals surface area contributed by atoms with Crippen LogP contribution in [0.25, 0.3) is 0 Å². The van der Waals surface area contributed by atoms with Crippen LogP contribution in [0.2, 0.25) is 0 Å². The molecule has 1 saturated heterocycles. The normalized spacial score (nSPS) is 17.8. The lowest BCUT2D eigenvalue weighted by Gasteiger charge is -2.35. The number of nitro benzene ring substituents is 1. The summed E-state index contributed by atoms with van der Waals surface area (Å²) in [6.07, 6.45) is 1.82. The zero-order valence-electron chi connectivity index (χ0n) is 17.2. The third-order valence-corrected chi connectivity index (χ3v) is 4.57. The number of ether oxygens (including phenoxy) is 2. The van der Waals surface area contributed by atoms with Crippen LogP contribution in [0.5, 0.6) is 5.75 Å². The minimum atomic E-state index is -0.499. The van der Waals surface area contributed by atoms with Crippen molar-refractivity contribution >= 4 is 11.8 Å². The van der Waals surface area contributed by atoms with Gasteiger partial charge in [0.25, 0.3) is 0 Å². The summed E-state index contributed by atoms with van der Waals surface area (Å²) in [7, 11) is 1.77. The molecule has 28 heavy (non-hydrogen) atoms. The average molecular weight is 393 g/mol. The standard InChI is InChI=1S/C20H31N3O5/c1-20(2,3)28-19(24)21(4)14-16-8-7-11-22(15-16)12-13-27-18-10-6-5-9-17(18)23(25)26/h5-6,9-10,16H,7-8,11-15H2,1-4H3. The molecule has 0 N–H and O–H groups in total. The largest absolute Gasteiger partial charge is 0.485 e. The molecule has 1 heterocycles. The second-order valence-electron chi connectivity index (χ2n) is 8.24. The van der Waals surface area contributed by atoms with Crippen LogP contribution in [-0.2, 0) is 4.74 Å². The molecule has 8 nitrogen and oxygen atoms in total. The lowest BCUT2D eigenvalue weighted by molar-refractivity contribution is -0.385. The van der Waals surface area contributed by atoms with Crippen molar-refractivity contribution in [3.05, 3.63) is 34.4 Å². The van der Waals surface area contributed by atoms with Crippen molar-refractivity contribution in [3.8, 4) is 5.75 Å². The Balaban J connectivity index is 1.79. The predicted molar refractivity (Wildman–Crippen MR) is 107 cm³/mol. The van der Waals surface area contributed by atoms with Crippen molar-refractivity contribution in [2.75, 3.05) is 39.8 Å². The van der Waals surface area contributed by atoms with Gasteiger partial charge in [0.2, 0.25) is 0 Å². The SMILES string of the molecule is CN(CC1CCCN(CCOc2ccccc2[N+](=O)[O-])C1)C(=O)OC(C)(C)C. The van der Waals surface area contributed by atoms with E-state index in [0.717, 1.165) is 25.9 Å². The minimum Gasteiger partial charge on any atom is -0.485 e. The number of rotatable bonds is 7. The lowest BCUT2D eigenvalue weighted by atomic mass is 9.97. The molecule has 0 aromatic heterocycles.